The molecule has 8 rings (SSSR count). The first-order valence-electron chi connectivity index (χ1n) is 15.3. The van der Waals surface area contributed by atoms with E-state index >= 15 is 0 Å². The molecule has 0 aliphatic heterocycles. The second kappa shape index (κ2) is 11.3. The first-order chi connectivity index (χ1) is 22.2. The van der Waals surface area contributed by atoms with E-state index in [0.717, 1.165) is 50.1 Å². The van der Waals surface area contributed by atoms with Gasteiger partial charge in [-0.2, -0.15) is 0 Å². The van der Waals surface area contributed by atoms with Gasteiger partial charge in [0.05, 0.1) is 0 Å². The SMILES string of the molecule is Cc1ccc(N(c2ccc(-c3cccc4c3oc3ccccc34)cc2)c2cc(-c3ccccc3)cc(-c3ccccc3)c2)cc1. The first-order valence-corrected chi connectivity index (χ1v) is 15.3. The molecule has 0 radical (unpaired) electrons. The lowest BCUT2D eigenvalue weighted by Crippen LogP contribution is -2.10. The molecule has 214 valence electrons. The molecule has 8 aromatic rings. The molecule has 0 N–H and O–H groups in total. The van der Waals surface area contributed by atoms with Crippen LogP contribution in [0.5, 0.6) is 0 Å². The van der Waals surface area contributed by atoms with Crippen LogP contribution in [0.1, 0.15) is 5.56 Å². The summed E-state index contributed by atoms with van der Waals surface area (Å²) in [5.74, 6) is 0. The van der Waals surface area contributed by atoms with Crippen molar-refractivity contribution in [2.45, 2.75) is 6.92 Å². The standard InChI is InChI=1S/C43H31NO/c1-30-19-23-36(24-20-30)44(38-28-34(31-11-4-2-5-12-31)27-35(29-38)32-13-6-3-7-14-32)37-25-21-33(22-26-37)39-16-10-17-41-40-15-8-9-18-42(40)45-43(39)41/h2-29H,1H3. The quantitative estimate of drug-likeness (QED) is 0.195. The summed E-state index contributed by atoms with van der Waals surface area (Å²) in [5, 5.41) is 2.28. The third-order valence-corrected chi connectivity index (χ3v) is 8.52. The molecule has 0 amide bonds. The molecule has 0 unspecified atom stereocenters. The molecular formula is C43H31NO. The minimum Gasteiger partial charge on any atom is -0.455 e. The number of anilines is 3. The third-order valence-electron chi connectivity index (χ3n) is 8.52. The summed E-state index contributed by atoms with van der Waals surface area (Å²) in [6.45, 7) is 2.13. The Labute approximate surface area is 263 Å². The Kier molecular flexibility index (Phi) is 6.73. The number of hydrogen-bond acceptors (Lipinski definition) is 2. The third kappa shape index (κ3) is 5.07. The fourth-order valence-corrected chi connectivity index (χ4v) is 6.24. The molecular weight excluding hydrogens is 546 g/mol. The monoisotopic (exact) mass is 577 g/mol. The van der Waals surface area contributed by atoms with E-state index in [1.54, 1.807) is 0 Å². The molecule has 7 aromatic carbocycles. The first kappa shape index (κ1) is 26.7. The summed E-state index contributed by atoms with van der Waals surface area (Å²) in [6, 6.07) is 60.4. The van der Waals surface area contributed by atoms with Gasteiger partial charge < -0.3 is 9.32 Å². The highest BCUT2D eigenvalue weighted by atomic mass is 16.3. The molecule has 2 heteroatoms. The number of aryl methyl sites for hydroxylation is 1. The van der Waals surface area contributed by atoms with Gasteiger partial charge in [-0.25, -0.2) is 0 Å². The Morgan fingerprint density at radius 3 is 1.60 bits per heavy atom. The van der Waals surface area contributed by atoms with Crippen LogP contribution in [0.2, 0.25) is 0 Å². The van der Waals surface area contributed by atoms with Crippen molar-refractivity contribution >= 4 is 39.0 Å². The Morgan fingerprint density at radius 1 is 0.400 bits per heavy atom. The molecule has 0 saturated heterocycles. The van der Waals surface area contributed by atoms with Gasteiger partial charge in [-0.3, -0.25) is 0 Å². The molecule has 0 spiro atoms. The minimum atomic E-state index is 0.912. The smallest absolute Gasteiger partial charge is 0.143 e. The number of nitrogens with zero attached hydrogens (tertiary/aromatic N) is 1. The molecule has 0 aliphatic rings. The Hall–Kier alpha value is -5.86. The second-order valence-electron chi connectivity index (χ2n) is 11.5. The average Bonchev–Trinajstić information content (AvgIpc) is 3.49. The van der Waals surface area contributed by atoms with E-state index < -0.39 is 0 Å². The topological polar surface area (TPSA) is 16.4 Å². The van der Waals surface area contributed by atoms with Crippen molar-refractivity contribution in [2.75, 3.05) is 4.90 Å². The number of fused-ring (bicyclic) bond motifs is 3. The van der Waals surface area contributed by atoms with E-state index in [2.05, 4.69) is 170 Å². The van der Waals surface area contributed by atoms with Crippen molar-refractivity contribution in [2.24, 2.45) is 0 Å². The predicted molar refractivity (Wildman–Crippen MR) is 189 cm³/mol. The Bertz CT molecular complexity index is 2190. The normalized spacial score (nSPS) is 11.2. The van der Waals surface area contributed by atoms with Gasteiger partial charge in [0.25, 0.3) is 0 Å². The van der Waals surface area contributed by atoms with Crippen molar-refractivity contribution in [3.63, 3.8) is 0 Å². The van der Waals surface area contributed by atoms with Gasteiger partial charge in [0.1, 0.15) is 11.2 Å². The van der Waals surface area contributed by atoms with Gasteiger partial charge in [-0.15, -0.1) is 0 Å². The summed E-state index contributed by atoms with van der Waals surface area (Å²) < 4.78 is 6.37. The van der Waals surface area contributed by atoms with E-state index in [4.69, 9.17) is 4.42 Å². The van der Waals surface area contributed by atoms with E-state index in [1.807, 2.05) is 12.1 Å². The van der Waals surface area contributed by atoms with Gasteiger partial charge in [-0.1, -0.05) is 127 Å². The highest BCUT2D eigenvalue weighted by molar-refractivity contribution is 6.09. The fraction of sp³-hybridized carbons (Fsp3) is 0.0233. The van der Waals surface area contributed by atoms with Crippen LogP contribution in [0.4, 0.5) is 17.1 Å². The lowest BCUT2D eigenvalue weighted by Gasteiger charge is -2.27. The largest absolute Gasteiger partial charge is 0.455 e. The van der Waals surface area contributed by atoms with Gasteiger partial charge in [-0.05, 0) is 83.3 Å². The summed E-state index contributed by atoms with van der Waals surface area (Å²) in [5.41, 5.74) is 13.3. The van der Waals surface area contributed by atoms with Gasteiger partial charge >= 0.3 is 0 Å². The van der Waals surface area contributed by atoms with Crippen molar-refractivity contribution in [1.29, 1.82) is 0 Å². The molecule has 1 heterocycles. The summed E-state index contributed by atoms with van der Waals surface area (Å²) in [4.78, 5) is 2.35. The highest BCUT2D eigenvalue weighted by Gasteiger charge is 2.17. The van der Waals surface area contributed by atoms with E-state index in [-0.39, 0.29) is 0 Å². The summed E-state index contributed by atoms with van der Waals surface area (Å²) in [7, 11) is 0. The van der Waals surface area contributed by atoms with Crippen molar-refractivity contribution in [3.05, 3.63) is 175 Å². The zero-order valence-electron chi connectivity index (χ0n) is 25.0. The van der Waals surface area contributed by atoms with Crippen LogP contribution in [0.15, 0.2) is 174 Å². The van der Waals surface area contributed by atoms with E-state index in [9.17, 15) is 0 Å². The number of benzene rings is 7. The van der Waals surface area contributed by atoms with Crippen LogP contribution in [-0.2, 0) is 0 Å². The fourth-order valence-electron chi connectivity index (χ4n) is 6.24. The molecule has 0 aliphatic carbocycles. The van der Waals surface area contributed by atoms with Crippen molar-refractivity contribution in [3.8, 4) is 33.4 Å². The summed E-state index contributed by atoms with van der Waals surface area (Å²) in [6.07, 6.45) is 0. The van der Waals surface area contributed by atoms with Crippen LogP contribution in [0.25, 0.3) is 55.3 Å². The van der Waals surface area contributed by atoms with Crippen molar-refractivity contribution < 1.29 is 4.42 Å². The molecule has 0 atom stereocenters. The van der Waals surface area contributed by atoms with Gasteiger partial charge in [0.2, 0.25) is 0 Å². The Morgan fingerprint density at radius 2 is 0.956 bits per heavy atom. The number of para-hydroxylation sites is 2. The lowest BCUT2D eigenvalue weighted by atomic mass is 9.97. The minimum absolute atomic E-state index is 0.912. The maximum absolute atomic E-state index is 6.37. The zero-order valence-corrected chi connectivity index (χ0v) is 25.0. The molecule has 0 bridgehead atoms. The highest BCUT2D eigenvalue weighted by Crippen LogP contribution is 2.41. The maximum atomic E-state index is 6.37. The van der Waals surface area contributed by atoms with Gasteiger partial charge in [0.15, 0.2) is 0 Å². The van der Waals surface area contributed by atoms with Gasteiger partial charge in [0, 0.05) is 33.4 Å². The number of hydrogen-bond donors (Lipinski definition) is 0. The van der Waals surface area contributed by atoms with Crippen molar-refractivity contribution in [1.82, 2.24) is 0 Å². The molecule has 0 saturated carbocycles. The van der Waals surface area contributed by atoms with Crippen LogP contribution in [-0.4, -0.2) is 0 Å². The zero-order chi connectivity index (χ0) is 30.2. The maximum Gasteiger partial charge on any atom is 0.143 e. The molecule has 0 fully saturated rings. The number of rotatable bonds is 6. The van der Waals surface area contributed by atoms with Crippen LogP contribution in [0, 0.1) is 6.92 Å². The molecule has 1 aromatic heterocycles. The van der Waals surface area contributed by atoms with Crippen LogP contribution in [0.3, 0.4) is 0 Å². The molecule has 45 heavy (non-hydrogen) atoms. The summed E-state index contributed by atoms with van der Waals surface area (Å²) >= 11 is 0. The average molecular weight is 578 g/mol. The van der Waals surface area contributed by atoms with E-state index in [1.165, 1.54) is 27.8 Å². The lowest BCUT2D eigenvalue weighted by molar-refractivity contribution is 0.670. The second-order valence-corrected chi connectivity index (χ2v) is 11.5. The molecule has 2 nitrogen and oxygen atoms in total. The Balaban J connectivity index is 1.28. The van der Waals surface area contributed by atoms with E-state index in [0.29, 0.717) is 0 Å². The number of furan rings is 1. The predicted octanol–water partition coefficient (Wildman–Crippen LogP) is 12.4. The van der Waals surface area contributed by atoms with Crippen LogP contribution >= 0.6 is 0 Å². The van der Waals surface area contributed by atoms with Crippen LogP contribution < -0.4 is 4.90 Å².